The van der Waals surface area contributed by atoms with Crippen molar-refractivity contribution in [3.8, 4) is 0 Å². The molecule has 3 aromatic carbocycles. The Kier molecular flexibility index (Phi) is 9.78. The van der Waals surface area contributed by atoms with Gasteiger partial charge in [0, 0.05) is 19.8 Å². The van der Waals surface area contributed by atoms with E-state index in [0.717, 1.165) is 0 Å². The van der Waals surface area contributed by atoms with Gasteiger partial charge >= 0.3 is 29.8 Å². The summed E-state index contributed by atoms with van der Waals surface area (Å²) in [7, 11) is 0. The van der Waals surface area contributed by atoms with Gasteiger partial charge in [-0.1, -0.05) is 61.5 Å². The number of fused-ring (bicyclic) bond motifs is 1. The predicted molar refractivity (Wildman–Crippen MR) is 181 cm³/mol. The van der Waals surface area contributed by atoms with E-state index in [1.807, 2.05) is 20.8 Å². The first kappa shape index (κ1) is 35.8. The van der Waals surface area contributed by atoms with E-state index >= 15 is 0 Å². The quantitative estimate of drug-likeness (QED) is 0.199. The van der Waals surface area contributed by atoms with Gasteiger partial charge in [-0.2, -0.15) is 0 Å². The zero-order valence-corrected chi connectivity index (χ0v) is 29.2. The highest BCUT2D eigenvalue weighted by Crippen LogP contribution is 2.68. The lowest BCUT2D eigenvalue weighted by atomic mass is 9.47. The molecule has 1 heterocycles. The minimum absolute atomic E-state index is 0.0675. The van der Waals surface area contributed by atoms with Crippen LogP contribution in [0.3, 0.4) is 0 Å². The van der Waals surface area contributed by atoms with E-state index < -0.39 is 89.3 Å². The minimum Gasteiger partial charge on any atom is -0.461 e. The van der Waals surface area contributed by atoms with Gasteiger partial charge in [-0.15, -0.1) is 0 Å². The van der Waals surface area contributed by atoms with Crippen molar-refractivity contribution in [2.24, 2.45) is 17.3 Å². The fraction of sp³-hybridized carbons (Fsp3) is 0.425. The molecule has 1 spiro atoms. The largest absolute Gasteiger partial charge is 0.461 e. The summed E-state index contributed by atoms with van der Waals surface area (Å²) in [5.74, 6) is -4.45. The Morgan fingerprint density at radius 2 is 1.12 bits per heavy atom. The highest BCUT2D eigenvalue weighted by molar-refractivity contribution is 5.90. The van der Waals surface area contributed by atoms with Crippen LogP contribution in [0.25, 0.3) is 0 Å². The lowest BCUT2D eigenvalue weighted by Gasteiger charge is -2.63. The molecule has 268 valence electrons. The molecule has 1 saturated heterocycles. The molecule has 8 atom stereocenters. The van der Waals surface area contributed by atoms with E-state index in [-0.39, 0.29) is 29.5 Å². The Labute approximate surface area is 296 Å². The molecule has 11 nitrogen and oxygen atoms in total. The van der Waals surface area contributed by atoms with E-state index in [9.17, 15) is 24.0 Å². The monoisotopic (exact) mass is 698 g/mol. The number of rotatable bonds is 9. The van der Waals surface area contributed by atoms with Gasteiger partial charge in [0.1, 0.15) is 35.9 Å². The molecule has 0 N–H and O–H groups in total. The number of carbonyl (C=O) groups is 5. The van der Waals surface area contributed by atoms with Crippen LogP contribution in [-0.4, -0.2) is 72.1 Å². The van der Waals surface area contributed by atoms with Crippen molar-refractivity contribution < 1.29 is 52.4 Å². The Morgan fingerprint density at radius 3 is 1.63 bits per heavy atom. The average molecular weight is 699 g/mol. The second-order valence-corrected chi connectivity index (χ2v) is 14.1. The molecule has 0 radical (unpaired) electrons. The average Bonchev–Trinajstić information content (AvgIpc) is 3.27. The zero-order valence-electron chi connectivity index (χ0n) is 29.2. The molecule has 2 bridgehead atoms. The van der Waals surface area contributed by atoms with Crippen molar-refractivity contribution in [2.45, 2.75) is 83.1 Å². The van der Waals surface area contributed by atoms with Crippen LogP contribution in [-0.2, 0) is 38.0 Å². The molecule has 3 fully saturated rings. The van der Waals surface area contributed by atoms with Gasteiger partial charge in [-0.25, -0.2) is 14.4 Å². The van der Waals surface area contributed by atoms with Crippen LogP contribution in [0.1, 0.15) is 78.5 Å². The number of hydrogen-bond donors (Lipinski definition) is 0. The van der Waals surface area contributed by atoms with Crippen molar-refractivity contribution in [1.82, 2.24) is 0 Å². The molecule has 11 heteroatoms. The van der Waals surface area contributed by atoms with Gasteiger partial charge in [0.2, 0.25) is 0 Å². The Balaban J connectivity index is 1.57. The summed E-state index contributed by atoms with van der Waals surface area (Å²) in [6.45, 7) is 7.57. The zero-order chi connectivity index (χ0) is 36.6. The standard InChI is InChI=1S/C40H42O11/c1-24-21-31(49-36(44)28-17-11-7-12-18-28)34(48-26(3)42)39(23-46-35(43)27-15-9-6-10-16-27)32(50-37(45)29-19-13-8-14-20-29)22-30-33(47-25(2)41)40(24,39)51-38(30,4)5/h6-20,24,30-34H,21-23H2,1-5H3/t24-,30+,31-,32+,33+,34-,39+,40+/m1/s1. The second kappa shape index (κ2) is 13.9. The molecule has 3 aliphatic rings. The summed E-state index contributed by atoms with van der Waals surface area (Å²) in [6.07, 6.45) is -4.47. The van der Waals surface area contributed by atoms with Crippen molar-refractivity contribution in [2.75, 3.05) is 6.61 Å². The van der Waals surface area contributed by atoms with Gasteiger partial charge in [-0.05, 0) is 69.0 Å². The van der Waals surface area contributed by atoms with Crippen LogP contribution < -0.4 is 0 Å². The smallest absolute Gasteiger partial charge is 0.338 e. The number of hydrogen-bond acceptors (Lipinski definition) is 11. The van der Waals surface area contributed by atoms with E-state index in [1.54, 1.807) is 91.0 Å². The Hall–Kier alpha value is -5.03. The summed E-state index contributed by atoms with van der Waals surface area (Å²) in [4.78, 5) is 67.2. The van der Waals surface area contributed by atoms with Crippen LogP contribution in [0.2, 0.25) is 0 Å². The van der Waals surface area contributed by atoms with Crippen molar-refractivity contribution in [3.05, 3.63) is 108 Å². The van der Waals surface area contributed by atoms with E-state index in [0.29, 0.717) is 0 Å². The first-order chi connectivity index (χ1) is 24.3. The van der Waals surface area contributed by atoms with Crippen molar-refractivity contribution in [3.63, 3.8) is 0 Å². The molecular formula is C40H42O11. The molecule has 3 aromatic rings. The normalized spacial score (nSPS) is 30.2. The lowest BCUT2D eigenvalue weighted by Crippen LogP contribution is -2.78. The lowest BCUT2D eigenvalue weighted by molar-refractivity contribution is -0.316. The fourth-order valence-corrected chi connectivity index (χ4v) is 8.57. The number of ether oxygens (including phenoxy) is 6. The van der Waals surface area contributed by atoms with Crippen LogP contribution in [0.4, 0.5) is 0 Å². The first-order valence-electron chi connectivity index (χ1n) is 17.1. The van der Waals surface area contributed by atoms with Gasteiger partial charge in [-0.3, -0.25) is 9.59 Å². The number of carbonyl (C=O) groups excluding carboxylic acids is 5. The maximum absolute atomic E-state index is 13.9. The maximum atomic E-state index is 13.9. The molecular weight excluding hydrogens is 656 g/mol. The molecule has 0 unspecified atom stereocenters. The fourth-order valence-electron chi connectivity index (χ4n) is 8.57. The molecule has 0 aromatic heterocycles. The van der Waals surface area contributed by atoms with Gasteiger partial charge in [0.25, 0.3) is 0 Å². The third-order valence-electron chi connectivity index (χ3n) is 10.6. The second-order valence-electron chi connectivity index (χ2n) is 14.1. The number of esters is 5. The molecule has 6 rings (SSSR count). The molecule has 2 saturated carbocycles. The summed E-state index contributed by atoms with van der Waals surface area (Å²) in [6, 6.07) is 25.1. The van der Waals surface area contributed by atoms with E-state index in [1.165, 1.54) is 13.8 Å². The third kappa shape index (κ3) is 6.39. The van der Waals surface area contributed by atoms with Crippen LogP contribution in [0, 0.1) is 17.3 Å². The molecule has 2 aliphatic carbocycles. The molecule has 51 heavy (non-hydrogen) atoms. The highest BCUT2D eigenvalue weighted by atomic mass is 16.6. The van der Waals surface area contributed by atoms with Gasteiger partial charge in [0.05, 0.1) is 22.3 Å². The minimum atomic E-state index is -1.77. The maximum Gasteiger partial charge on any atom is 0.338 e. The number of benzene rings is 3. The summed E-state index contributed by atoms with van der Waals surface area (Å²) >= 11 is 0. The van der Waals surface area contributed by atoms with Crippen molar-refractivity contribution >= 4 is 29.8 Å². The first-order valence-corrected chi connectivity index (χ1v) is 17.1. The summed E-state index contributed by atoms with van der Waals surface area (Å²) in [5.41, 5.74) is -3.53. The summed E-state index contributed by atoms with van der Waals surface area (Å²) < 4.78 is 38.1. The van der Waals surface area contributed by atoms with E-state index in [2.05, 4.69) is 0 Å². The Bertz CT molecular complexity index is 1780. The molecule has 1 aliphatic heterocycles. The van der Waals surface area contributed by atoms with E-state index in [4.69, 9.17) is 28.4 Å². The van der Waals surface area contributed by atoms with Gasteiger partial charge in [0.15, 0.2) is 6.10 Å². The topological polar surface area (TPSA) is 141 Å². The van der Waals surface area contributed by atoms with Crippen LogP contribution in [0.5, 0.6) is 0 Å². The van der Waals surface area contributed by atoms with Crippen LogP contribution >= 0.6 is 0 Å². The van der Waals surface area contributed by atoms with Crippen LogP contribution in [0.15, 0.2) is 91.0 Å². The van der Waals surface area contributed by atoms with Gasteiger partial charge < -0.3 is 28.4 Å². The highest BCUT2D eigenvalue weighted by Gasteiger charge is 2.82. The van der Waals surface area contributed by atoms with Crippen molar-refractivity contribution in [1.29, 1.82) is 0 Å². The SMILES string of the molecule is CC(=O)O[C@@H]1[C@H](OC(=O)c2ccccc2)C[C@@H](C)[C@@]23OC(C)(C)[C@@H](C[C@H](OC(=O)c4ccccc4)[C@@]12COC(=O)c1ccccc1)[C@@H]3OC(C)=O. The Morgan fingerprint density at radius 1 is 0.647 bits per heavy atom. The molecule has 0 amide bonds. The third-order valence-corrected chi connectivity index (χ3v) is 10.6. The predicted octanol–water partition coefficient (Wildman–Crippen LogP) is 5.75. The summed E-state index contributed by atoms with van der Waals surface area (Å²) in [5, 5.41) is 0.